The summed E-state index contributed by atoms with van der Waals surface area (Å²) in [4.78, 5) is 11.9. The summed E-state index contributed by atoms with van der Waals surface area (Å²) in [6, 6.07) is 9.14. The molecule has 0 unspecified atom stereocenters. The van der Waals surface area contributed by atoms with Crippen molar-refractivity contribution >= 4 is 11.6 Å². The largest absolute Gasteiger partial charge is 0.491 e. The molecule has 4 heteroatoms. The second-order valence-electron chi connectivity index (χ2n) is 4.71. The molecule has 1 aromatic carbocycles. The Morgan fingerprint density at radius 1 is 1.21 bits per heavy atom. The molecule has 1 aromatic heterocycles. The van der Waals surface area contributed by atoms with E-state index >= 15 is 0 Å². The zero-order chi connectivity index (χ0) is 13.8. The number of carbonyl (C=O) groups is 1. The monoisotopic (exact) mass is 258 g/mol. The van der Waals surface area contributed by atoms with E-state index in [0.717, 1.165) is 11.4 Å². The lowest BCUT2D eigenvalue weighted by Crippen LogP contribution is -2.11. The van der Waals surface area contributed by atoms with E-state index in [2.05, 4.69) is 5.32 Å². The third-order valence-electron chi connectivity index (χ3n) is 2.58. The number of hydrogen-bond acceptors (Lipinski definition) is 2. The highest BCUT2D eigenvalue weighted by Crippen LogP contribution is 2.17. The van der Waals surface area contributed by atoms with Crippen LogP contribution >= 0.6 is 0 Å². The highest BCUT2D eigenvalue weighted by atomic mass is 16.5. The zero-order valence-corrected chi connectivity index (χ0v) is 11.4. The van der Waals surface area contributed by atoms with E-state index in [1.807, 2.05) is 55.9 Å². The van der Waals surface area contributed by atoms with Crippen molar-refractivity contribution in [1.29, 1.82) is 0 Å². The molecule has 0 bridgehead atoms. The molecule has 0 atom stereocenters. The van der Waals surface area contributed by atoms with E-state index in [9.17, 15) is 4.79 Å². The highest BCUT2D eigenvalue weighted by Gasteiger charge is 2.07. The molecule has 1 N–H and O–H groups in total. The molecule has 0 saturated carbocycles. The number of benzene rings is 1. The Morgan fingerprint density at radius 3 is 2.42 bits per heavy atom. The fourth-order valence-corrected chi connectivity index (χ4v) is 1.73. The Labute approximate surface area is 113 Å². The van der Waals surface area contributed by atoms with Crippen LogP contribution in [0.2, 0.25) is 0 Å². The molecular formula is C15H18N2O2. The fraction of sp³-hybridized carbons (Fsp3) is 0.267. The third-order valence-corrected chi connectivity index (χ3v) is 2.58. The number of rotatable bonds is 4. The Kier molecular flexibility index (Phi) is 3.90. The van der Waals surface area contributed by atoms with E-state index in [-0.39, 0.29) is 12.0 Å². The number of nitrogens with one attached hydrogen (secondary N) is 1. The highest BCUT2D eigenvalue weighted by molar-refractivity contribution is 6.04. The fourth-order valence-electron chi connectivity index (χ4n) is 1.73. The summed E-state index contributed by atoms with van der Waals surface area (Å²) in [5.74, 6) is 0.686. The first kappa shape index (κ1) is 13.2. The molecule has 4 nitrogen and oxygen atoms in total. The van der Waals surface area contributed by atoms with Crippen LogP contribution in [-0.2, 0) is 7.05 Å². The second kappa shape index (κ2) is 5.61. The Morgan fingerprint density at radius 2 is 1.89 bits per heavy atom. The van der Waals surface area contributed by atoms with Crippen molar-refractivity contribution in [2.75, 3.05) is 5.32 Å². The first-order valence-electron chi connectivity index (χ1n) is 6.24. The topological polar surface area (TPSA) is 43.3 Å². The summed E-state index contributed by atoms with van der Waals surface area (Å²) < 4.78 is 7.39. The van der Waals surface area contributed by atoms with Gasteiger partial charge in [0, 0.05) is 25.1 Å². The van der Waals surface area contributed by atoms with Crippen molar-refractivity contribution in [2.24, 2.45) is 7.05 Å². The first-order valence-corrected chi connectivity index (χ1v) is 6.24. The van der Waals surface area contributed by atoms with Gasteiger partial charge in [-0.3, -0.25) is 4.79 Å². The quantitative estimate of drug-likeness (QED) is 0.915. The summed E-state index contributed by atoms with van der Waals surface area (Å²) >= 11 is 0. The van der Waals surface area contributed by atoms with Crippen LogP contribution in [0.15, 0.2) is 42.7 Å². The van der Waals surface area contributed by atoms with Crippen LogP contribution in [0.4, 0.5) is 5.69 Å². The van der Waals surface area contributed by atoms with Gasteiger partial charge < -0.3 is 14.6 Å². The average molecular weight is 258 g/mol. The molecule has 0 spiro atoms. The number of aromatic nitrogens is 1. The normalized spacial score (nSPS) is 10.5. The lowest BCUT2D eigenvalue weighted by atomic mass is 10.2. The summed E-state index contributed by atoms with van der Waals surface area (Å²) in [5.41, 5.74) is 1.40. The van der Waals surface area contributed by atoms with Gasteiger partial charge in [0.1, 0.15) is 5.75 Å². The lowest BCUT2D eigenvalue weighted by molar-refractivity contribution is 0.102. The molecule has 2 aromatic rings. The molecule has 2 rings (SSSR count). The molecule has 0 aliphatic rings. The van der Waals surface area contributed by atoms with Gasteiger partial charge in [-0.05, 0) is 44.2 Å². The molecule has 19 heavy (non-hydrogen) atoms. The minimum Gasteiger partial charge on any atom is -0.491 e. The maximum atomic E-state index is 11.9. The van der Waals surface area contributed by atoms with Crippen molar-refractivity contribution in [3.63, 3.8) is 0 Å². The maximum absolute atomic E-state index is 11.9. The van der Waals surface area contributed by atoms with Crippen molar-refractivity contribution < 1.29 is 9.53 Å². The summed E-state index contributed by atoms with van der Waals surface area (Å²) in [7, 11) is 1.88. The van der Waals surface area contributed by atoms with E-state index in [4.69, 9.17) is 4.74 Å². The van der Waals surface area contributed by atoms with Crippen LogP contribution < -0.4 is 10.1 Å². The van der Waals surface area contributed by atoms with E-state index in [0.29, 0.717) is 5.56 Å². The van der Waals surface area contributed by atoms with Crippen molar-refractivity contribution in [2.45, 2.75) is 20.0 Å². The minimum atomic E-state index is -0.113. The lowest BCUT2D eigenvalue weighted by Gasteiger charge is -2.10. The molecule has 0 aliphatic heterocycles. The number of ether oxygens (including phenoxy) is 1. The third kappa shape index (κ3) is 3.61. The second-order valence-corrected chi connectivity index (χ2v) is 4.71. The molecule has 100 valence electrons. The summed E-state index contributed by atoms with van der Waals surface area (Å²) in [6.07, 6.45) is 3.77. The Hall–Kier alpha value is -2.23. The Balaban J connectivity index is 2.01. The van der Waals surface area contributed by atoms with Crippen molar-refractivity contribution in [3.05, 3.63) is 48.3 Å². The van der Waals surface area contributed by atoms with Gasteiger partial charge in [0.05, 0.1) is 11.7 Å². The van der Waals surface area contributed by atoms with Crippen LogP contribution in [0, 0.1) is 0 Å². The van der Waals surface area contributed by atoms with Crippen LogP contribution in [0.3, 0.4) is 0 Å². The zero-order valence-electron chi connectivity index (χ0n) is 11.4. The Bertz CT molecular complexity index is 556. The number of anilines is 1. The molecule has 0 aliphatic carbocycles. The summed E-state index contributed by atoms with van der Waals surface area (Å²) in [6.45, 7) is 3.95. The van der Waals surface area contributed by atoms with Crippen molar-refractivity contribution in [1.82, 2.24) is 4.57 Å². The summed E-state index contributed by atoms with van der Waals surface area (Å²) in [5, 5.41) is 2.84. The van der Waals surface area contributed by atoms with Gasteiger partial charge in [-0.25, -0.2) is 0 Å². The SMILES string of the molecule is CC(C)Oc1ccc(NC(=O)c2ccn(C)c2)cc1. The smallest absolute Gasteiger partial charge is 0.257 e. The maximum Gasteiger partial charge on any atom is 0.257 e. The van der Waals surface area contributed by atoms with Gasteiger partial charge in [0.2, 0.25) is 0 Å². The van der Waals surface area contributed by atoms with Gasteiger partial charge in [0.15, 0.2) is 0 Å². The number of hydrogen-bond donors (Lipinski definition) is 1. The molecular weight excluding hydrogens is 240 g/mol. The van der Waals surface area contributed by atoms with Gasteiger partial charge in [-0.15, -0.1) is 0 Å². The number of nitrogens with zero attached hydrogens (tertiary/aromatic N) is 1. The van der Waals surface area contributed by atoms with E-state index in [1.54, 1.807) is 12.3 Å². The van der Waals surface area contributed by atoms with Crippen molar-refractivity contribution in [3.8, 4) is 5.75 Å². The molecule has 0 fully saturated rings. The predicted molar refractivity (Wildman–Crippen MR) is 75.6 cm³/mol. The minimum absolute atomic E-state index is 0.113. The van der Waals surface area contributed by atoms with E-state index < -0.39 is 0 Å². The van der Waals surface area contributed by atoms with Gasteiger partial charge >= 0.3 is 0 Å². The van der Waals surface area contributed by atoms with Gasteiger partial charge in [0.25, 0.3) is 5.91 Å². The van der Waals surface area contributed by atoms with Gasteiger partial charge in [-0.1, -0.05) is 0 Å². The molecule has 0 radical (unpaired) electrons. The van der Waals surface area contributed by atoms with Crippen LogP contribution in [0.25, 0.3) is 0 Å². The van der Waals surface area contributed by atoms with Crippen LogP contribution in [0.1, 0.15) is 24.2 Å². The molecule has 0 saturated heterocycles. The van der Waals surface area contributed by atoms with Crippen LogP contribution in [0.5, 0.6) is 5.75 Å². The molecule has 1 heterocycles. The standard InChI is InChI=1S/C15H18N2O2/c1-11(2)19-14-6-4-13(5-7-14)16-15(18)12-8-9-17(3)10-12/h4-11H,1-3H3,(H,16,18). The van der Waals surface area contributed by atoms with Crippen LogP contribution in [-0.4, -0.2) is 16.6 Å². The first-order chi connectivity index (χ1) is 9.04. The molecule has 1 amide bonds. The number of carbonyl (C=O) groups excluding carboxylic acids is 1. The number of aryl methyl sites for hydroxylation is 1. The number of amides is 1. The predicted octanol–water partition coefficient (Wildman–Crippen LogP) is 3.06. The van der Waals surface area contributed by atoms with Gasteiger partial charge in [-0.2, -0.15) is 0 Å². The average Bonchev–Trinajstić information content (AvgIpc) is 2.78. The van der Waals surface area contributed by atoms with E-state index in [1.165, 1.54) is 0 Å².